The Hall–Kier alpha value is -0.700. The third-order valence-electron chi connectivity index (χ3n) is 2.47. The first-order chi connectivity index (χ1) is 9.19. The van der Waals surface area contributed by atoms with Gasteiger partial charge >= 0.3 is 5.97 Å². The molecule has 9 heteroatoms. The van der Waals surface area contributed by atoms with Crippen molar-refractivity contribution in [2.45, 2.75) is 24.8 Å². The Morgan fingerprint density at radius 3 is 2.60 bits per heavy atom. The Bertz CT molecular complexity index is 606. The standard InChI is InChI=1S/C11H14BrClN2O4S/c1-6(2)9(11(16)19-3)15-20(17,18)8-4-7(12)5-14-10(8)13/h4-6,9,15H,1-3H3. The molecule has 0 aliphatic rings. The van der Waals surface area contributed by atoms with Crippen molar-refractivity contribution in [3.8, 4) is 0 Å². The first-order valence-corrected chi connectivity index (χ1v) is 8.25. The molecule has 0 aliphatic carbocycles. The zero-order valence-corrected chi connectivity index (χ0v) is 14.2. The highest BCUT2D eigenvalue weighted by Gasteiger charge is 2.30. The highest BCUT2D eigenvalue weighted by atomic mass is 79.9. The third-order valence-corrected chi connectivity index (χ3v) is 4.77. The van der Waals surface area contributed by atoms with Crippen molar-refractivity contribution in [3.05, 3.63) is 21.9 Å². The largest absolute Gasteiger partial charge is 0.468 e. The highest BCUT2D eigenvalue weighted by molar-refractivity contribution is 9.10. The van der Waals surface area contributed by atoms with Crippen LogP contribution in [0.1, 0.15) is 13.8 Å². The number of esters is 1. The maximum Gasteiger partial charge on any atom is 0.324 e. The van der Waals surface area contributed by atoms with Gasteiger partial charge in [0.15, 0.2) is 0 Å². The van der Waals surface area contributed by atoms with Gasteiger partial charge in [0.2, 0.25) is 10.0 Å². The fraction of sp³-hybridized carbons (Fsp3) is 0.455. The molecular formula is C11H14BrClN2O4S. The number of methoxy groups -OCH3 is 1. The summed E-state index contributed by atoms with van der Waals surface area (Å²) in [5.74, 6) is -0.946. The summed E-state index contributed by atoms with van der Waals surface area (Å²) >= 11 is 8.91. The lowest BCUT2D eigenvalue weighted by Crippen LogP contribution is -2.45. The van der Waals surface area contributed by atoms with Crippen LogP contribution in [0.25, 0.3) is 0 Å². The fourth-order valence-corrected chi connectivity index (χ4v) is 3.68. The molecule has 0 spiro atoms. The molecule has 0 aliphatic heterocycles. The highest BCUT2D eigenvalue weighted by Crippen LogP contribution is 2.23. The van der Waals surface area contributed by atoms with Gasteiger partial charge in [0, 0.05) is 10.7 Å². The molecule has 0 aromatic carbocycles. The average Bonchev–Trinajstić information content (AvgIpc) is 2.37. The Kier molecular flexibility index (Phi) is 5.93. The van der Waals surface area contributed by atoms with Crippen LogP contribution in [0.15, 0.2) is 21.6 Å². The van der Waals surface area contributed by atoms with E-state index in [1.165, 1.54) is 19.4 Å². The van der Waals surface area contributed by atoms with Crippen LogP contribution < -0.4 is 4.72 Å². The number of carbonyl (C=O) groups is 1. The maximum atomic E-state index is 12.3. The lowest BCUT2D eigenvalue weighted by atomic mass is 10.1. The predicted octanol–water partition coefficient (Wildman–Crippen LogP) is 1.97. The summed E-state index contributed by atoms with van der Waals surface area (Å²) in [6.45, 7) is 3.40. The monoisotopic (exact) mass is 384 g/mol. The first kappa shape index (κ1) is 17.4. The number of halogens is 2. The van der Waals surface area contributed by atoms with E-state index in [2.05, 4.69) is 30.4 Å². The molecule has 0 bridgehead atoms. The van der Waals surface area contributed by atoms with Gasteiger partial charge in [-0.1, -0.05) is 25.4 Å². The molecule has 0 radical (unpaired) electrons. The summed E-state index contributed by atoms with van der Waals surface area (Å²) in [6, 6.07) is 0.312. The average molecular weight is 386 g/mol. The quantitative estimate of drug-likeness (QED) is 0.619. The van der Waals surface area contributed by atoms with Gasteiger partial charge in [-0.2, -0.15) is 4.72 Å². The fourth-order valence-electron chi connectivity index (χ4n) is 1.41. The molecule has 1 aromatic heterocycles. The first-order valence-electron chi connectivity index (χ1n) is 5.60. The maximum absolute atomic E-state index is 12.3. The summed E-state index contributed by atoms with van der Waals surface area (Å²) in [7, 11) is -2.79. The zero-order chi connectivity index (χ0) is 15.5. The van der Waals surface area contributed by atoms with E-state index in [4.69, 9.17) is 11.6 Å². The molecular weight excluding hydrogens is 372 g/mol. The van der Waals surface area contributed by atoms with Gasteiger partial charge in [-0.3, -0.25) is 4.79 Å². The van der Waals surface area contributed by atoms with Crippen LogP contribution in [-0.2, 0) is 19.6 Å². The van der Waals surface area contributed by atoms with Crippen LogP contribution in [0.5, 0.6) is 0 Å². The van der Waals surface area contributed by atoms with Gasteiger partial charge in [0.05, 0.1) is 7.11 Å². The van der Waals surface area contributed by atoms with Crippen LogP contribution in [0.4, 0.5) is 0 Å². The van der Waals surface area contributed by atoms with Crippen molar-refractivity contribution in [2.24, 2.45) is 5.92 Å². The number of aromatic nitrogens is 1. The Morgan fingerprint density at radius 1 is 1.50 bits per heavy atom. The summed E-state index contributed by atoms with van der Waals surface area (Å²) in [5, 5.41) is -0.173. The molecule has 1 N–H and O–H groups in total. The van der Waals surface area contributed by atoms with Crippen LogP contribution >= 0.6 is 27.5 Å². The van der Waals surface area contributed by atoms with E-state index >= 15 is 0 Å². The molecule has 1 atom stereocenters. The number of nitrogens with zero attached hydrogens (tertiary/aromatic N) is 1. The minimum absolute atomic E-state index is 0.173. The van der Waals surface area contributed by atoms with Crippen LogP contribution in [0, 0.1) is 5.92 Å². The second kappa shape index (κ2) is 6.84. The number of rotatable bonds is 5. The van der Waals surface area contributed by atoms with E-state index in [9.17, 15) is 13.2 Å². The number of hydrogen-bond donors (Lipinski definition) is 1. The SMILES string of the molecule is COC(=O)C(NS(=O)(=O)c1cc(Br)cnc1Cl)C(C)C. The lowest BCUT2D eigenvalue weighted by Gasteiger charge is -2.20. The third kappa shape index (κ3) is 4.15. The van der Waals surface area contributed by atoms with Gasteiger partial charge in [0.1, 0.15) is 16.1 Å². The normalized spacial score (nSPS) is 13.3. The Morgan fingerprint density at radius 2 is 2.10 bits per heavy atom. The van der Waals surface area contributed by atoms with E-state index in [0.29, 0.717) is 4.47 Å². The Balaban J connectivity index is 3.16. The number of sulfonamides is 1. The second-order valence-corrected chi connectivity index (χ2v) is 7.26. The smallest absolute Gasteiger partial charge is 0.324 e. The number of pyridine rings is 1. The van der Waals surface area contributed by atoms with Crippen LogP contribution in [0.3, 0.4) is 0 Å². The second-order valence-electron chi connectivity index (χ2n) is 4.31. The molecule has 112 valence electrons. The van der Waals surface area contributed by atoms with Crippen LogP contribution in [-0.4, -0.2) is 32.5 Å². The minimum Gasteiger partial charge on any atom is -0.468 e. The molecule has 20 heavy (non-hydrogen) atoms. The van der Waals surface area contributed by atoms with E-state index in [-0.39, 0.29) is 16.0 Å². The van der Waals surface area contributed by atoms with Crippen molar-refractivity contribution in [3.63, 3.8) is 0 Å². The topological polar surface area (TPSA) is 85.4 Å². The molecule has 1 heterocycles. The van der Waals surface area contributed by atoms with Crippen molar-refractivity contribution in [2.75, 3.05) is 7.11 Å². The van der Waals surface area contributed by atoms with Gasteiger partial charge in [-0.15, -0.1) is 0 Å². The number of ether oxygens (including phenoxy) is 1. The van der Waals surface area contributed by atoms with Crippen molar-refractivity contribution >= 4 is 43.5 Å². The number of carbonyl (C=O) groups excluding carboxylic acids is 1. The molecule has 0 saturated carbocycles. The van der Waals surface area contributed by atoms with Crippen LogP contribution in [0.2, 0.25) is 5.15 Å². The minimum atomic E-state index is -3.99. The van der Waals surface area contributed by atoms with Gasteiger partial charge in [0.25, 0.3) is 0 Å². The number of hydrogen-bond acceptors (Lipinski definition) is 5. The predicted molar refractivity (Wildman–Crippen MR) is 77.9 cm³/mol. The van der Waals surface area contributed by atoms with E-state index in [1.807, 2.05) is 0 Å². The van der Waals surface area contributed by atoms with Gasteiger partial charge in [-0.05, 0) is 27.9 Å². The van der Waals surface area contributed by atoms with E-state index in [0.717, 1.165) is 0 Å². The molecule has 1 rings (SSSR count). The zero-order valence-electron chi connectivity index (χ0n) is 11.1. The van der Waals surface area contributed by atoms with Gasteiger partial charge < -0.3 is 4.74 Å². The molecule has 0 fully saturated rings. The van der Waals surface area contributed by atoms with E-state index in [1.54, 1.807) is 13.8 Å². The van der Waals surface area contributed by atoms with Crippen molar-refractivity contribution in [1.29, 1.82) is 0 Å². The summed E-state index contributed by atoms with van der Waals surface area (Å²) in [5.41, 5.74) is 0. The van der Waals surface area contributed by atoms with Gasteiger partial charge in [-0.25, -0.2) is 13.4 Å². The molecule has 6 nitrogen and oxygen atoms in total. The summed E-state index contributed by atoms with van der Waals surface area (Å²) < 4.78 is 31.9. The molecule has 1 aromatic rings. The molecule has 1 unspecified atom stereocenters. The molecule has 0 amide bonds. The number of nitrogens with one attached hydrogen (secondary N) is 1. The summed E-state index contributed by atoms with van der Waals surface area (Å²) in [6.07, 6.45) is 1.38. The summed E-state index contributed by atoms with van der Waals surface area (Å²) in [4.78, 5) is 15.1. The van der Waals surface area contributed by atoms with Crippen molar-refractivity contribution in [1.82, 2.24) is 9.71 Å². The molecule has 0 saturated heterocycles. The van der Waals surface area contributed by atoms with Crippen molar-refractivity contribution < 1.29 is 17.9 Å². The van der Waals surface area contributed by atoms with E-state index < -0.39 is 22.0 Å². The lowest BCUT2D eigenvalue weighted by molar-refractivity contribution is -0.143. The Labute approximate surface area is 131 Å².